The minimum absolute atomic E-state index is 0.674. The number of rotatable bonds is 5. The summed E-state index contributed by atoms with van der Waals surface area (Å²) in [6.07, 6.45) is 7.99. The van der Waals surface area contributed by atoms with E-state index in [1.165, 1.54) is 12.8 Å². The molecule has 0 nitrogen and oxygen atoms in total. The van der Waals surface area contributed by atoms with Gasteiger partial charge in [0.1, 0.15) is 0 Å². The quantitative estimate of drug-likeness (QED) is 0.537. The highest BCUT2D eigenvalue weighted by atomic mass is 14.1. The van der Waals surface area contributed by atoms with Gasteiger partial charge in [-0.2, -0.15) is 0 Å². The molecule has 0 N–H and O–H groups in total. The molecule has 0 amide bonds. The first-order valence-electron chi connectivity index (χ1n) is 5.13. The molecule has 0 spiro atoms. The fraction of sp³-hybridized carbons (Fsp3) is 0.750. The van der Waals surface area contributed by atoms with E-state index in [2.05, 4.69) is 45.6 Å². The maximum absolute atomic E-state index is 3.22. The molecule has 0 radical (unpaired) electrons. The van der Waals surface area contributed by atoms with Gasteiger partial charge in [0.15, 0.2) is 0 Å². The summed E-state index contributed by atoms with van der Waals surface area (Å²) in [5.41, 5.74) is 3.22. The van der Waals surface area contributed by atoms with Crippen LogP contribution in [0.1, 0.15) is 47.0 Å². The Kier molecular flexibility index (Phi) is 6.90. The zero-order valence-corrected chi connectivity index (χ0v) is 8.93. The van der Waals surface area contributed by atoms with E-state index in [4.69, 9.17) is 0 Å². The van der Waals surface area contributed by atoms with Crippen LogP contribution in [0.15, 0.2) is 17.9 Å². The molecule has 2 atom stereocenters. The highest BCUT2D eigenvalue weighted by Gasteiger charge is 2.06. The first-order valence-corrected chi connectivity index (χ1v) is 5.13. The molecule has 12 heavy (non-hydrogen) atoms. The monoisotopic (exact) mass is 166 g/mol. The Morgan fingerprint density at radius 2 is 1.92 bits per heavy atom. The Labute approximate surface area is 77.4 Å². The van der Waals surface area contributed by atoms with Crippen LogP contribution >= 0.6 is 0 Å². The van der Waals surface area contributed by atoms with Crippen molar-refractivity contribution in [3.8, 4) is 0 Å². The van der Waals surface area contributed by atoms with E-state index < -0.39 is 0 Å². The van der Waals surface area contributed by atoms with Gasteiger partial charge in [0.25, 0.3) is 0 Å². The lowest BCUT2D eigenvalue weighted by Gasteiger charge is -2.13. The van der Waals surface area contributed by atoms with Gasteiger partial charge in [0.05, 0.1) is 0 Å². The summed E-state index contributed by atoms with van der Waals surface area (Å²) in [5, 5.41) is 0. The number of hydrogen-bond donors (Lipinski definition) is 0. The molecular weight excluding hydrogens is 144 g/mol. The van der Waals surface area contributed by atoms with Gasteiger partial charge < -0.3 is 0 Å². The van der Waals surface area contributed by atoms with E-state index in [-0.39, 0.29) is 0 Å². The average Bonchev–Trinajstić information content (AvgIpc) is 2.05. The minimum atomic E-state index is 0.674. The van der Waals surface area contributed by atoms with Crippen molar-refractivity contribution in [3.05, 3.63) is 17.9 Å². The van der Waals surface area contributed by atoms with Gasteiger partial charge in [-0.05, 0) is 30.4 Å². The minimum Gasteiger partial charge on any atom is -0.129 e. The van der Waals surface area contributed by atoms with Gasteiger partial charge in [-0.3, -0.25) is 0 Å². The topological polar surface area (TPSA) is 0 Å². The van der Waals surface area contributed by atoms with Crippen molar-refractivity contribution in [3.63, 3.8) is 0 Å². The first kappa shape index (κ1) is 11.5. The molecule has 0 rings (SSSR count). The first-order chi connectivity index (χ1) is 5.72. The van der Waals surface area contributed by atoms with E-state index in [0.717, 1.165) is 12.3 Å². The van der Waals surface area contributed by atoms with E-state index >= 15 is 0 Å². The van der Waals surface area contributed by atoms with Crippen LogP contribution in [0.3, 0.4) is 0 Å². The van der Waals surface area contributed by atoms with Crippen LogP contribution in [-0.4, -0.2) is 0 Å². The van der Waals surface area contributed by atoms with Gasteiger partial charge in [0, 0.05) is 0 Å². The number of allylic oxidation sites excluding steroid dienone is 1. The largest absolute Gasteiger partial charge is 0.129 e. The number of hydrogen-bond acceptors (Lipinski definition) is 0. The molecule has 2 unspecified atom stereocenters. The molecule has 0 heterocycles. The smallest absolute Gasteiger partial charge is 0.0160 e. The van der Waals surface area contributed by atoms with E-state index in [1.54, 1.807) is 0 Å². The third kappa shape index (κ3) is 5.21. The third-order valence-electron chi connectivity index (χ3n) is 2.32. The summed E-state index contributed by atoms with van der Waals surface area (Å²) in [5.74, 6) is 1.47. The van der Waals surface area contributed by atoms with Gasteiger partial charge in [-0.15, -0.1) is 5.73 Å². The highest BCUT2D eigenvalue weighted by Crippen LogP contribution is 2.17. The lowest BCUT2D eigenvalue weighted by atomic mass is 9.92. The lowest BCUT2D eigenvalue weighted by Crippen LogP contribution is -2.03. The molecule has 0 heteroatoms. The van der Waals surface area contributed by atoms with Crippen molar-refractivity contribution < 1.29 is 0 Å². The van der Waals surface area contributed by atoms with Crippen LogP contribution < -0.4 is 0 Å². The second-order valence-electron chi connectivity index (χ2n) is 3.57. The Balaban J connectivity index is 3.84. The summed E-state index contributed by atoms with van der Waals surface area (Å²) in [4.78, 5) is 0. The Bertz CT molecular complexity index is 149. The predicted octanol–water partition coefficient (Wildman–Crippen LogP) is 4.18. The van der Waals surface area contributed by atoms with Gasteiger partial charge >= 0.3 is 0 Å². The van der Waals surface area contributed by atoms with Crippen LogP contribution in [0.2, 0.25) is 0 Å². The van der Waals surface area contributed by atoms with Crippen molar-refractivity contribution in [2.75, 3.05) is 0 Å². The van der Waals surface area contributed by atoms with Crippen LogP contribution in [-0.2, 0) is 0 Å². The van der Waals surface area contributed by atoms with E-state index in [9.17, 15) is 0 Å². The molecule has 0 saturated heterocycles. The normalized spacial score (nSPS) is 14.7. The second-order valence-corrected chi connectivity index (χ2v) is 3.57. The van der Waals surface area contributed by atoms with Crippen LogP contribution in [0.5, 0.6) is 0 Å². The van der Waals surface area contributed by atoms with Crippen molar-refractivity contribution in [1.82, 2.24) is 0 Å². The van der Waals surface area contributed by atoms with Gasteiger partial charge in [-0.25, -0.2) is 0 Å². The SMILES string of the molecule is CCC=C=CC(C)C(C)CCC. The van der Waals surface area contributed by atoms with Gasteiger partial charge in [-0.1, -0.05) is 40.5 Å². The molecule has 70 valence electrons. The fourth-order valence-corrected chi connectivity index (χ4v) is 1.22. The molecule has 0 saturated carbocycles. The molecule has 0 aliphatic heterocycles. The van der Waals surface area contributed by atoms with Crippen molar-refractivity contribution in [2.45, 2.75) is 47.0 Å². The molecule has 0 bridgehead atoms. The molecule has 0 fully saturated rings. The molecule has 0 aromatic carbocycles. The summed E-state index contributed by atoms with van der Waals surface area (Å²) >= 11 is 0. The maximum atomic E-state index is 3.22. The zero-order chi connectivity index (χ0) is 9.40. The summed E-state index contributed by atoms with van der Waals surface area (Å²) < 4.78 is 0. The summed E-state index contributed by atoms with van der Waals surface area (Å²) in [7, 11) is 0. The Hall–Kier alpha value is -0.480. The average molecular weight is 166 g/mol. The predicted molar refractivity (Wildman–Crippen MR) is 56.2 cm³/mol. The van der Waals surface area contributed by atoms with Crippen molar-refractivity contribution >= 4 is 0 Å². The molecule has 0 aromatic rings. The molecular formula is C12H22. The Morgan fingerprint density at radius 1 is 1.25 bits per heavy atom. The standard InChI is InChI=1S/C12H22/c1-5-7-8-10-12(4)11(3)9-6-2/h7,10-12H,5-6,9H2,1-4H3. The highest BCUT2D eigenvalue weighted by molar-refractivity contribution is 4.89. The van der Waals surface area contributed by atoms with Crippen molar-refractivity contribution in [1.29, 1.82) is 0 Å². The molecule has 0 aliphatic rings. The Morgan fingerprint density at radius 3 is 2.42 bits per heavy atom. The molecule has 0 aliphatic carbocycles. The van der Waals surface area contributed by atoms with Crippen LogP contribution in [0.4, 0.5) is 0 Å². The summed E-state index contributed by atoms with van der Waals surface area (Å²) in [6.45, 7) is 8.98. The zero-order valence-electron chi connectivity index (χ0n) is 8.93. The second kappa shape index (κ2) is 7.18. The van der Waals surface area contributed by atoms with Crippen molar-refractivity contribution in [2.24, 2.45) is 11.8 Å². The van der Waals surface area contributed by atoms with E-state index in [0.29, 0.717) is 5.92 Å². The van der Waals surface area contributed by atoms with Crippen LogP contribution in [0, 0.1) is 11.8 Å². The maximum Gasteiger partial charge on any atom is -0.0160 e. The third-order valence-corrected chi connectivity index (χ3v) is 2.32. The fourth-order valence-electron chi connectivity index (χ4n) is 1.22. The lowest BCUT2D eigenvalue weighted by molar-refractivity contribution is 0.424. The van der Waals surface area contributed by atoms with Crippen LogP contribution in [0.25, 0.3) is 0 Å². The van der Waals surface area contributed by atoms with Gasteiger partial charge in [0.2, 0.25) is 0 Å². The summed E-state index contributed by atoms with van der Waals surface area (Å²) in [6, 6.07) is 0. The van der Waals surface area contributed by atoms with E-state index in [1.807, 2.05) is 0 Å². The molecule has 0 aromatic heterocycles.